The molecule has 0 saturated carbocycles. The first-order valence-corrected chi connectivity index (χ1v) is 6.34. The van der Waals surface area contributed by atoms with Crippen LogP contribution >= 0.6 is 11.6 Å². The van der Waals surface area contributed by atoms with Gasteiger partial charge in [0.25, 0.3) is 0 Å². The highest BCUT2D eigenvalue weighted by Crippen LogP contribution is 2.21. The summed E-state index contributed by atoms with van der Waals surface area (Å²) in [7, 11) is 1.65. The van der Waals surface area contributed by atoms with Crippen LogP contribution in [-0.2, 0) is 4.74 Å². The molecule has 0 atom stereocenters. The summed E-state index contributed by atoms with van der Waals surface area (Å²) in [5.74, 6) is 0.834. The van der Waals surface area contributed by atoms with E-state index < -0.39 is 0 Å². The number of ether oxygens (including phenoxy) is 2. The van der Waals surface area contributed by atoms with Crippen LogP contribution in [0.2, 0.25) is 0 Å². The third-order valence-electron chi connectivity index (χ3n) is 2.84. The van der Waals surface area contributed by atoms with Crippen LogP contribution in [0.25, 0.3) is 5.03 Å². The molecule has 2 rings (SSSR count). The van der Waals surface area contributed by atoms with Crippen LogP contribution in [0.15, 0.2) is 30.3 Å². The average Bonchev–Trinajstić information content (AvgIpc) is 2.46. The molecule has 0 amide bonds. The van der Waals surface area contributed by atoms with Crippen molar-refractivity contribution in [3.8, 4) is 5.75 Å². The van der Waals surface area contributed by atoms with Crippen molar-refractivity contribution in [1.29, 1.82) is 0 Å². The fourth-order valence-electron chi connectivity index (χ4n) is 1.74. The quantitative estimate of drug-likeness (QED) is 0.784. The molecule has 0 radical (unpaired) electrons. The lowest BCUT2D eigenvalue weighted by Gasteiger charge is -2.09. The number of methoxy groups -OCH3 is 1. The van der Waals surface area contributed by atoms with E-state index in [1.54, 1.807) is 7.11 Å². The van der Waals surface area contributed by atoms with Crippen LogP contribution in [0.3, 0.4) is 0 Å². The smallest absolute Gasteiger partial charge is 0.166 e. The number of halogens is 1. The first-order valence-electron chi connectivity index (χ1n) is 5.96. The van der Waals surface area contributed by atoms with Gasteiger partial charge < -0.3 is 9.47 Å². The summed E-state index contributed by atoms with van der Waals surface area (Å²) in [6.07, 6.45) is 3.95. The van der Waals surface area contributed by atoms with Gasteiger partial charge in [0.15, 0.2) is 19.3 Å². The summed E-state index contributed by atoms with van der Waals surface area (Å²) in [6.45, 7) is 3.40. The normalized spacial score (nSPS) is 16.6. The molecule has 0 aromatic heterocycles. The summed E-state index contributed by atoms with van der Waals surface area (Å²) >= 11 is 6.25. The summed E-state index contributed by atoms with van der Waals surface area (Å²) < 4.78 is 12.6. The number of allylic oxidation sites excluding steroid dienone is 1. The standard InChI is InChI=1S/C14H17ClNO2/c1-17-13-4-2-12(3-5-13)14(15)6-7-16-8-10-18-11-9-16/h2-7H,8-11H2,1H3/q+1. The molecule has 1 aliphatic rings. The van der Waals surface area contributed by atoms with E-state index >= 15 is 0 Å². The number of hydrogen-bond acceptors (Lipinski definition) is 2. The molecular weight excluding hydrogens is 250 g/mol. The summed E-state index contributed by atoms with van der Waals surface area (Å²) in [5, 5.41) is 0.726. The van der Waals surface area contributed by atoms with E-state index in [-0.39, 0.29) is 0 Å². The number of morpholine rings is 1. The maximum atomic E-state index is 6.25. The Morgan fingerprint density at radius 2 is 1.94 bits per heavy atom. The van der Waals surface area contributed by atoms with E-state index in [1.165, 1.54) is 0 Å². The first kappa shape index (κ1) is 13.1. The minimum absolute atomic E-state index is 0.726. The second kappa shape index (κ2) is 6.57. The summed E-state index contributed by atoms with van der Waals surface area (Å²) in [4.78, 5) is 0. The van der Waals surface area contributed by atoms with Gasteiger partial charge in [-0.15, -0.1) is 0 Å². The molecule has 1 fully saturated rings. The van der Waals surface area contributed by atoms with E-state index in [0.717, 1.165) is 42.6 Å². The van der Waals surface area contributed by atoms with Gasteiger partial charge in [-0.1, -0.05) is 11.6 Å². The highest BCUT2D eigenvalue weighted by atomic mass is 35.5. The van der Waals surface area contributed by atoms with Crippen molar-refractivity contribution >= 4 is 22.8 Å². The van der Waals surface area contributed by atoms with Crippen LogP contribution in [0.4, 0.5) is 0 Å². The molecule has 1 saturated heterocycles. The molecule has 0 unspecified atom stereocenters. The zero-order valence-corrected chi connectivity index (χ0v) is 11.2. The third-order valence-corrected chi connectivity index (χ3v) is 3.19. The Bertz CT molecular complexity index is 443. The molecule has 0 spiro atoms. The molecule has 1 aromatic carbocycles. The van der Waals surface area contributed by atoms with Gasteiger partial charge in [0, 0.05) is 6.08 Å². The number of benzene rings is 1. The van der Waals surface area contributed by atoms with Crippen molar-refractivity contribution < 1.29 is 14.0 Å². The SMILES string of the molecule is COc1ccc(C(Cl)=CC=[N+]2CCOCC2)cc1. The molecule has 1 heterocycles. The van der Waals surface area contributed by atoms with E-state index in [4.69, 9.17) is 21.1 Å². The Balaban J connectivity index is 2.06. The summed E-state index contributed by atoms with van der Waals surface area (Å²) in [6, 6.07) is 7.70. The van der Waals surface area contributed by atoms with Crippen LogP contribution in [0.5, 0.6) is 5.75 Å². The van der Waals surface area contributed by atoms with E-state index in [1.807, 2.05) is 36.6 Å². The molecule has 0 N–H and O–H groups in total. The second-order valence-electron chi connectivity index (χ2n) is 4.04. The predicted octanol–water partition coefficient (Wildman–Crippen LogP) is 2.39. The molecular formula is C14H17ClNO2+. The molecule has 0 aliphatic carbocycles. The van der Waals surface area contributed by atoms with Crippen molar-refractivity contribution in [2.45, 2.75) is 0 Å². The van der Waals surface area contributed by atoms with Crippen LogP contribution in [-0.4, -0.2) is 44.2 Å². The van der Waals surface area contributed by atoms with Crippen LogP contribution < -0.4 is 4.74 Å². The molecule has 3 nitrogen and oxygen atoms in total. The van der Waals surface area contributed by atoms with Gasteiger partial charge in [-0.25, -0.2) is 4.58 Å². The Hall–Kier alpha value is -1.32. The maximum Gasteiger partial charge on any atom is 0.166 e. The van der Waals surface area contributed by atoms with Crippen molar-refractivity contribution in [3.63, 3.8) is 0 Å². The van der Waals surface area contributed by atoms with Crippen LogP contribution in [0.1, 0.15) is 5.56 Å². The third kappa shape index (κ3) is 3.59. The van der Waals surface area contributed by atoms with Crippen molar-refractivity contribution in [2.24, 2.45) is 0 Å². The van der Waals surface area contributed by atoms with Crippen molar-refractivity contribution in [3.05, 3.63) is 35.9 Å². The van der Waals surface area contributed by atoms with Gasteiger partial charge in [0.1, 0.15) is 19.0 Å². The van der Waals surface area contributed by atoms with Gasteiger partial charge in [-0.05, 0) is 29.8 Å². The Kier molecular flexibility index (Phi) is 4.79. The lowest BCUT2D eigenvalue weighted by atomic mass is 10.2. The Morgan fingerprint density at radius 3 is 2.56 bits per heavy atom. The molecule has 1 aliphatic heterocycles. The zero-order valence-electron chi connectivity index (χ0n) is 10.4. The number of nitrogens with zero attached hydrogens (tertiary/aromatic N) is 1. The van der Waals surface area contributed by atoms with Gasteiger partial charge in [0.05, 0.1) is 12.1 Å². The molecule has 0 bridgehead atoms. The minimum atomic E-state index is 0.726. The Morgan fingerprint density at radius 1 is 1.28 bits per heavy atom. The molecule has 96 valence electrons. The fraction of sp³-hybridized carbons (Fsp3) is 0.357. The van der Waals surface area contributed by atoms with E-state index in [0.29, 0.717) is 0 Å². The van der Waals surface area contributed by atoms with Crippen molar-refractivity contribution in [1.82, 2.24) is 0 Å². The fourth-order valence-corrected chi connectivity index (χ4v) is 1.93. The van der Waals surface area contributed by atoms with Gasteiger partial charge in [0.2, 0.25) is 0 Å². The monoisotopic (exact) mass is 266 g/mol. The largest absolute Gasteiger partial charge is 0.497 e. The topological polar surface area (TPSA) is 21.5 Å². The van der Waals surface area contributed by atoms with Gasteiger partial charge in [-0.2, -0.15) is 0 Å². The van der Waals surface area contributed by atoms with Crippen LogP contribution in [0, 0.1) is 0 Å². The van der Waals surface area contributed by atoms with Gasteiger partial charge >= 0.3 is 0 Å². The molecule has 1 aromatic rings. The second-order valence-corrected chi connectivity index (χ2v) is 4.45. The zero-order chi connectivity index (χ0) is 12.8. The predicted molar refractivity (Wildman–Crippen MR) is 73.7 cm³/mol. The lowest BCUT2D eigenvalue weighted by molar-refractivity contribution is -0.544. The first-order chi connectivity index (χ1) is 8.79. The molecule has 4 heteroatoms. The minimum Gasteiger partial charge on any atom is -0.497 e. The Labute approximate surface area is 112 Å². The number of hydrogen-bond donors (Lipinski definition) is 0. The van der Waals surface area contributed by atoms with Crippen molar-refractivity contribution in [2.75, 3.05) is 33.4 Å². The number of rotatable bonds is 3. The van der Waals surface area contributed by atoms with E-state index in [9.17, 15) is 0 Å². The maximum absolute atomic E-state index is 6.25. The highest BCUT2D eigenvalue weighted by Gasteiger charge is 2.09. The summed E-state index contributed by atoms with van der Waals surface area (Å²) in [5.41, 5.74) is 0.988. The lowest BCUT2D eigenvalue weighted by Crippen LogP contribution is -2.28. The highest BCUT2D eigenvalue weighted by molar-refractivity contribution is 6.49. The molecule has 18 heavy (non-hydrogen) atoms. The van der Waals surface area contributed by atoms with E-state index in [2.05, 4.69) is 4.58 Å². The average molecular weight is 267 g/mol. The van der Waals surface area contributed by atoms with Gasteiger partial charge in [-0.3, -0.25) is 0 Å².